The molecule has 1 amide bonds. The number of hydrogen-bond acceptors (Lipinski definition) is 5. The van der Waals surface area contributed by atoms with E-state index in [4.69, 9.17) is 4.74 Å². The van der Waals surface area contributed by atoms with Gasteiger partial charge in [-0.2, -0.15) is 5.10 Å². The van der Waals surface area contributed by atoms with Crippen molar-refractivity contribution in [3.8, 4) is 0 Å². The average Bonchev–Trinajstić information content (AvgIpc) is 2.48. The molecule has 2 N–H and O–H groups in total. The number of aromatic amines is 1. The summed E-state index contributed by atoms with van der Waals surface area (Å²) < 4.78 is 5.36. The Kier molecular flexibility index (Phi) is 5.46. The van der Waals surface area contributed by atoms with Gasteiger partial charge in [0.05, 0.1) is 13.2 Å². The second kappa shape index (κ2) is 7.33. The van der Waals surface area contributed by atoms with Crippen molar-refractivity contribution in [3.05, 3.63) is 28.2 Å². The summed E-state index contributed by atoms with van der Waals surface area (Å²) >= 11 is 0. The predicted molar refractivity (Wildman–Crippen MR) is 78.2 cm³/mol. The van der Waals surface area contributed by atoms with Crippen molar-refractivity contribution in [1.29, 1.82) is 0 Å². The minimum absolute atomic E-state index is 0.221. The van der Waals surface area contributed by atoms with Crippen LogP contribution in [0.2, 0.25) is 0 Å². The lowest BCUT2D eigenvalue weighted by molar-refractivity contribution is 0.00671. The minimum Gasteiger partial charge on any atom is -0.379 e. The van der Waals surface area contributed by atoms with Crippen LogP contribution in [0, 0.1) is 5.92 Å². The lowest BCUT2D eigenvalue weighted by atomic mass is 10.0. The molecule has 0 radical (unpaired) electrons. The van der Waals surface area contributed by atoms with Crippen molar-refractivity contribution in [2.45, 2.75) is 19.9 Å². The molecular formula is C14H22N4O3. The third kappa shape index (κ3) is 4.37. The predicted octanol–water partition coefficient (Wildman–Crippen LogP) is -0.143. The number of aromatic nitrogens is 2. The minimum atomic E-state index is -0.320. The topological polar surface area (TPSA) is 87.3 Å². The van der Waals surface area contributed by atoms with E-state index in [1.54, 1.807) is 0 Å². The van der Waals surface area contributed by atoms with E-state index in [0.717, 1.165) is 26.3 Å². The third-order valence-electron chi connectivity index (χ3n) is 3.67. The molecule has 1 saturated heterocycles. The van der Waals surface area contributed by atoms with E-state index >= 15 is 0 Å². The number of nitrogens with zero attached hydrogens (tertiary/aromatic N) is 2. The number of carbonyl (C=O) groups excluding carboxylic acids is 1. The molecule has 1 aliphatic rings. The standard InChI is InChI=1S/C14H22N4O3/c1-10(2)12(18-5-7-21-8-6-18)9-15-14(20)11-3-4-13(19)17-16-11/h3-4,10,12H,5-9H2,1-2H3,(H,15,20)(H,17,19)/t12-/m1/s1. The summed E-state index contributed by atoms with van der Waals surface area (Å²) in [6, 6.07) is 2.98. The van der Waals surface area contributed by atoms with Crippen molar-refractivity contribution in [2.24, 2.45) is 5.92 Å². The summed E-state index contributed by atoms with van der Waals surface area (Å²) in [6.07, 6.45) is 0. The van der Waals surface area contributed by atoms with Gasteiger partial charge in [0.2, 0.25) is 0 Å². The zero-order valence-corrected chi connectivity index (χ0v) is 12.5. The number of nitrogens with one attached hydrogen (secondary N) is 2. The number of morpholine rings is 1. The highest BCUT2D eigenvalue weighted by molar-refractivity contribution is 5.91. The Bertz CT molecular complexity index is 503. The summed E-state index contributed by atoms with van der Waals surface area (Å²) in [7, 11) is 0. The van der Waals surface area contributed by atoms with E-state index in [-0.39, 0.29) is 23.2 Å². The van der Waals surface area contributed by atoms with Gasteiger partial charge in [-0.15, -0.1) is 0 Å². The van der Waals surface area contributed by atoms with Gasteiger partial charge in [-0.05, 0) is 12.0 Å². The molecule has 21 heavy (non-hydrogen) atoms. The van der Waals surface area contributed by atoms with E-state index in [1.165, 1.54) is 12.1 Å². The first-order valence-electron chi connectivity index (χ1n) is 7.23. The van der Waals surface area contributed by atoms with E-state index in [2.05, 4.69) is 34.3 Å². The Hall–Kier alpha value is -1.73. The van der Waals surface area contributed by atoms with Crippen LogP contribution in [0.25, 0.3) is 0 Å². The van der Waals surface area contributed by atoms with Gasteiger partial charge in [0.15, 0.2) is 0 Å². The second-order valence-corrected chi connectivity index (χ2v) is 5.48. The highest BCUT2D eigenvalue weighted by atomic mass is 16.5. The first kappa shape index (κ1) is 15.7. The van der Waals surface area contributed by atoms with Crippen LogP contribution in [-0.4, -0.2) is 59.9 Å². The summed E-state index contributed by atoms with van der Waals surface area (Å²) in [5.74, 6) is 0.150. The van der Waals surface area contributed by atoms with Gasteiger partial charge in [0.25, 0.3) is 11.5 Å². The van der Waals surface area contributed by atoms with E-state index in [1.807, 2.05) is 0 Å². The van der Waals surface area contributed by atoms with Crippen LogP contribution < -0.4 is 10.9 Å². The van der Waals surface area contributed by atoms with Crippen LogP contribution >= 0.6 is 0 Å². The van der Waals surface area contributed by atoms with Crippen LogP contribution in [0.1, 0.15) is 24.3 Å². The number of hydrogen-bond donors (Lipinski definition) is 2. The van der Waals surface area contributed by atoms with Crippen molar-refractivity contribution in [1.82, 2.24) is 20.4 Å². The maximum absolute atomic E-state index is 12.0. The molecule has 0 unspecified atom stereocenters. The fourth-order valence-corrected chi connectivity index (χ4v) is 2.45. The molecule has 0 saturated carbocycles. The van der Waals surface area contributed by atoms with Gasteiger partial charge >= 0.3 is 0 Å². The van der Waals surface area contributed by atoms with Crippen LogP contribution in [0.5, 0.6) is 0 Å². The van der Waals surface area contributed by atoms with Gasteiger partial charge in [0, 0.05) is 31.7 Å². The number of amides is 1. The smallest absolute Gasteiger partial charge is 0.271 e. The molecule has 7 heteroatoms. The molecule has 2 heterocycles. The zero-order chi connectivity index (χ0) is 15.2. The van der Waals surface area contributed by atoms with Crippen LogP contribution in [0.4, 0.5) is 0 Å². The summed E-state index contributed by atoms with van der Waals surface area (Å²) in [4.78, 5) is 25.3. The molecule has 7 nitrogen and oxygen atoms in total. The van der Waals surface area contributed by atoms with Crippen LogP contribution in [0.15, 0.2) is 16.9 Å². The van der Waals surface area contributed by atoms with Crippen molar-refractivity contribution < 1.29 is 9.53 Å². The Morgan fingerprint density at radius 2 is 2.14 bits per heavy atom. The highest BCUT2D eigenvalue weighted by Crippen LogP contribution is 2.12. The molecule has 1 aromatic heterocycles. The van der Waals surface area contributed by atoms with Gasteiger partial charge in [-0.25, -0.2) is 5.10 Å². The van der Waals surface area contributed by atoms with Crippen molar-refractivity contribution in [3.63, 3.8) is 0 Å². The van der Waals surface area contributed by atoms with Gasteiger partial charge in [0.1, 0.15) is 5.69 Å². The lowest BCUT2D eigenvalue weighted by Crippen LogP contribution is -2.51. The fourth-order valence-electron chi connectivity index (χ4n) is 2.45. The summed E-state index contributed by atoms with van der Waals surface area (Å²) in [5.41, 5.74) is -0.0981. The van der Waals surface area contributed by atoms with Crippen molar-refractivity contribution >= 4 is 5.91 Å². The molecular weight excluding hydrogens is 272 g/mol. The molecule has 0 aliphatic carbocycles. The molecule has 0 bridgehead atoms. The SMILES string of the molecule is CC(C)[C@@H](CNC(=O)c1ccc(=O)[nH]n1)N1CCOCC1. The number of rotatable bonds is 5. The van der Waals surface area contributed by atoms with E-state index in [9.17, 15) is 9.59 Å². The quantitative estimate of drug-likeness (QED) is 0.789. The molecule has 0 spiro atoms. The van der Waals surface area contributed by atoms with Crippen LogP contribution in [-0.2, 0) is 4.74 Å². The Morgan fingerprint density at radius 3 is 2.71 bits per heavy atom. The second-order valence-electron chi connectivity index (χ2n) is 5.48. The first-order valence-corrected chi connectivity index (χ1v) is 7.23. The van der Waals surface area contributed by atoms with Gasteiger partial charge in [-0.3, -0.25) is 14.5 Å². The van der Waals surface area contributed by atoms with E-state index < -0.39 is 0 Å². The average molecular weight is 294 g/mol. The molecule has 1 fully saturated rings. The number of carbonyl (C=O) groups is 1. The third-order valence-corrected chi connectivity index (χ3v) is 3.67. The highest BCUT2D eigenvalue weighted by Gasteiger charge is 2.24. The van der Waals surface area contributed by atoms with E-state index in [0.29, 0.717) is 12.5 Å². The van der Waals surface area contributed by atoms with Gasteiger partial charge in [-0.1, -0.05) is 13.8 Å². The Labute approximate surface area is 123 Å². The van der Waals surface area contributed by atoms with Crippen LogP contribution in [0.3, 0.4) is 0 Å². The summed E-state index contributed by atoms with van der Waals surface area (Å²) in [6.45, 7) is 8.08. The first-order chi connectivity index (χ1) is 10.1. The zero-order valence-electron chi connectivity index (χ0n) is 12.5. The number of H-pyrrole nitrogens is 1. The Balaban J connectivity index is 1.93. The molecule has 1 atom stereocenters. The molecule has 0 aromatic carbocycles. The maximum Gasteiger partial charge on any atom is 0.271 e. The fraction of sp³-hybridized carbons (Fsp3) is 0.643. The Morgan fingerprint density at radius 1 is 1.43 bits per heavy atom. The molecule has 2 rings (SSSR count). The summed E-state index contributed by atoms with van der Waals surface area (Å²) in [5, 5.41) is 8.88. The molecule has 1 aromatic rings. The maximum atomic E-state index is 12.0. The molecule has 116 valence electrons. The largest absolute Gasteiger partial charge is 0.379 e. The van der Waals surface area contributed by atoms with Gasteiger partial charge < -0.3 is 10.1 Å². The normalized spacial score (nSPS) is 17.7. The number of ether oxygens (including phenoxy) is 1. The lowest BCUT2D eigenvalue weighted by Gasteiger charge is -2.36. The molecule has 1 aliphatic heterocycles. The van der Waals surface area contributed by atoms with Crippen molar-refractivity contribution in [2.75, 3.05) is 32.8 Å². The monoisotopic (exact) mass is 294 g/mol.